The molecule has 0 amide bonds. The first-order valence-corrected chi connectivity index (χ1v) is 10.4. The standard InChI is InChI=1S/C23H27FN2O2S/c1-16-6-2-3-7-19(16)15-26(14-17-10-12-18(13-11-17)22(27)28)23(29)25-21-9-5-4-8-20(21)24/h2-9,17-18H,10-15H2,1H3,(H,25,29)(H,27,28)/p-1. The molecule has 0 spiro atoms. The molecule has 0 atom stereocenters. The number of carboxylic acids is 1. The minimum atomic E-state index is -0.947. The van der Waals surface area contributed by atoms with Crippen LogP contribution in [0.3, 0.4) is 0 Å². The summed E-state index contributed by atoms with van der Waals surface area (Å²) < 4.78 is 14.1. The second-order valence-electron chi connectivity index (χ2n) is 7.75. The molecule has 0 aromatic heterocycles. The van der Waals surface area contributed by atoms with Crippen molar-refractivity contribution in [3.8, 4) is 0 Å². The number of thiocarbonyl (C=S) groups is 1. The molecule has 1 saturated carbocycles. The van der Waals surface area contributed by atoms with Gasteiger partial charge in [-0.25, -0.2) is 4.39 Å². The number of nitrogens with one attached hydrogen (secondary N) is 1. The summed E-state index contributed by atoms with van der Waals surface area (Å²) in [7, 11) is 0. The smallest absolute Gasteiger partial charge is 0.173 e. The summed E-state index contributed by atoms with van der Waals surface area (Å²) in [6, 6.07) is 14.6. The third-order valence-electron chi connectivity index (χ3n) is 5.68. The van der Waals surface area contributed by atoms with E-state index in [1.807, 2.05) is 12.1 Å². The molecule has 3 rings (SSSR count). The molecule has 154 valence electrons. The molecular formula is C23H26FN2O2S-. The highest BCUT2D eigenvalue weighted by atomic mass is 32.1. The van der Waals surface area contributed by atoms with Gasteiger partial charge in [0.25, 0.3) is 0 Å². The maximum Gasteiger partial charge on any atom is 0.173 e. The second kappa shape index (κ2) is 9.83. The quantitative estimate of drug-likeness (QED) is 0.728. The van der Waals surface area contributed by atoms with Gasteiger partial charge in [-0.15, -0.1) is 0 Å². The van der Waals surface area contributed by atoms with Crippen molar-refractivity contribution in [2.24, 2.45) is 11.8 Å². The van der Waals surface area contributed by atoms with Crippen molar-refractivity contribution in [2.75, 3.05) is 11.9 Å². The first-order valence-electron chi connectivity index (χ1n) is 10.00. The number of hydrogen-bond acceptors (Lipinski definition) is 3. The van der Waals surface area contributed by atoms with Crippen LogP contribution in [0.15, 0.2) is 48.5 Å². The molecule has 2 aromatic carbocycles. The van der Waals surface area contributed by atoms with E-state index in [-0.39, 0.29) is 11.7 Å². The van der Waals surface area contributed by atoms with Gasteiger partial charge in [0.05, 0.1) is 5.69 Å². The summed E-state index contributed by atoms with van der Waals surface area (Å²) in [6.45, 7) is 3.38. The zero-order valence-corrected chi connectivity index (χ0v) is 17.4. The van der Waals surface area contributed by atoms with E-state index in [0.717, 1.165) is 18.4 Å². The molecule has 29 heavy (non-hydrogen) atoms. The maximum atomic E-state index is 14.1. The molecule has 0 heterocycles. The molecule has 0 saturated heterocycles. The Morgan fingerprint density at radius 1 is 1.14 bits per heavy atom. The lowest BCUT2D eigenvalue weighted by Gasteiger charge is -2.34. The van der Waals surface area contributed by atoms with Crippen LogP contribution in [0.2, 0.25) is 0 Å². The molecule has 1 fully saturated rings. The topological polar surface area (TPSA) is 55.4 Å². The van der Waals surface area contributed by atoms with E-state index in [0.29, 0.717) is 42.6 Å². The van der Waals surface area contributed by atoms with Gasteiger partial charge in [-0.1, -0.05) is 36.4 Å². The van der Waals surface area contributed by atoms with E-state index in [1.165, 1.54) is 11.6 Å². The first kappa shape index (κ1) is 21.2. The number of anilines is 1. The van der Waals surface area contributed by atoms with Gasteiger partial charge in [-0.05, 0) is 79.9 Å². The number of halogens is 1. The van der Waals surface area contributed by atoms with Crippen molar-refractivity contribution < 1.29 is 14.3 Å². The van der Waals surface area contributed by atoms with Crippen molar-refractivity contribution >= 4 is 29.0 Å². The molecule has 4 nitrogen and oxygen atoms in total. The Bertz CT molecular complexity index is 865. The normalized spacial score (nSPS) is 18.8. The van der Waals surface area contributed by atoms with Gasteiger partial charge in [0, 0.05) is 19.1 Å². The monoisotopic (exact) mass is 413 g/mol. The van der Waals surface area contributed by atoms with Crippen molar-refractivity contribution in [1.29, 1.82) is 0 Å². The lowest BCUT2D eigenvalue weighted by Crippen LogP contribution is -2.40. The minimum Gasteiger partial charge on any atom is -0.550 e. The highest BCUT2D eigenvalue weighted by Crippen LogP contribution is 2.30. The largest absolute Gasteiger partial charge is 0.550 e. The number of nitrogens with zero attached hydrogens (tertiary/aromatic N) is 1. The highest BCUT2D eigenvalue weighted by Gasteiger charge is 2.25. The lowest BCUT2D eigenvalue weighted by atomic mass is 9.82. The van der Waals surface area contributed by atoms with Gasteiger partial charge in [0.1, 0.15) is 5.82 Å². The Hall–Kier alpha value is -2.47. The maximum absolute atomic E-state index is 14.1. The summed E-state index contributed by atoms with van der Waals surface area (Å²) in [5.74, 6) is -1.30. The van der Waals surface area contributed by atoms with Crippen LogP contribution in [0.4, 0.5) is 10.1 Å². The number of aliphatic carboxylic acids is 1. The summed E-state index contributed by atoms with van der Waals surface area (Å²) in [6.07, 6.45) is 2.92. The van der Waals surface area contributed by atoms with E-state index < -0.39 is 5.97 Å². The summed E-state index contributed by atoms with van der Waals surface area (Å²) in [4.78, 5) is 13.2. The SMILES string of the molecule is Cc1ccccc1CN(CC1CCC(C(=O)[O-])CC1)C(=S)Nc1ccccc1F. The van der Waals surface area contributed by atoms with E-state index in [9.17, 15) is 14.3 Å². The number of carbonyl (C=O) groups is 1. The molecule has 1 aliphatic carbocycles. The van der Waals surface area contributed by atoms with E-state index >= 15 is 0 Å². The van der Waals surface area contributed by atoms with E-state index in [1.54, 1.807) is 18.2 Å². The van der Waals surface area contributed by atoms with Crippen LogP contribution in [0, 0.1) is 24.6 Å². The molecule has 1 aliphatic rings. The number of aryl methyl sites for hydroxylation is 1. The molecule has 2 aromatic rings. The lowest BCUT2D eigenvalue weighted by molar-refractivity contribution is -0.312. The molecule has 6 heteroatoms. The third-order valence-corrected chi connectivity index (χ3v) is 6.04. The highest BCUT2D eigenvalue weighted by molar-refractivity contribution is 7.80. The predicted molar refractivity (Wildman–Crippen MR) is 115 cm³/mol. The van der Waals surface area contributed by atoms with Crippen LogP contribution in [0.25, 0.3) is 0 Å². The minimum absolute atomic E-state index is 0.343. The van der Waals surface area contributed by atoms with Crippen molar-refractivity contribution in [1.82, 2.24) is 4.90 Å². The van der Waals surface area contributed by atoms with Crippen LogP contribution in [-0.4, -0.2) is 22.5 Å². The Labute approximate surface area is 176 Å². The van der Waals surface area contributed by atoms with Crippen LogP contribution in [-0.2, 0) is 11.3 Å². The Balaban J connectivity index is 1.73. The first-order chi connectivity index (χ1) is 13.9. The van der Waals surface area contributed by atoms with Gasteiger partial charge in [0.2, 0.25) is 0 Å². The molecule has 0 radical (unpaired) electrons. The van der Waals surface area contributed by atoms with Gasteiger partial charge in [-0.2, -0.15) is 0 Å². The predicted octanol–water partition coefficient (Wildman–Crippen LogP) is 3.89. The zero-order valence-electron chi connectivity index (χ0n) is 16.6. The third kappa shape index (κ3) is 5.76. The fourth-order valence-electron chi connectivity index (χ4n) is 3.86. The Morgan fingerprint density at radius 3 is 2.45 bits per heavy atom. The van der Waals surface area contributed by atoms with Crippen LogP contribution < -0.4 is 10.4 Å². The van der Waals surface area contributed by atoms with Crippen molar-refractivity contribution in [3.05, 3.63) is 65.5 Å². The average Bonchev–Trinajstić information content (AvgIpc) is 2.71. The Kier molecular flexibility index (Phi) is 7.20. The van der Waals surface area contributed by atoms with Crippen LogP contribution in [0.1, 0.15) is 36.8 Å². The molecule has 0 unspecified atom stereocenters. The van der Waals surface area contributed by atoms with Crippen LogP contribution in [0.5, 0.6) is 0 Å². The molecular weight excluding hydrogens is 387 g/mol. The Morgan fingerprint density at radius 2 is 1.79 bits per heavy atom. The average molecular weight is 414 g/mol. The van der Waals surface area contributed by atoms with Crippen molar-refractivity contribution in [2.45, 2.75) is 39.2 Å². The number of hydrogen-bond donors (Lipinski definition) is 1. The van der Waals surface area contributed by atoms with Crippen molar-refractivity contribution in [3.63, 3.8) is 0 Å². The summed E-state index contributed by atoms with van der Waals surface area (Å²) in [5.41, 5.74) is 2.69. The van der Waals surface area contributed by atoms with Gasteiger partial charge >= 0.3 is 0 Å². The molecule has 1 N–H and O–H groups in total. The fourth-order valence-corrected chi connectivity index (χ4v) is 4.11. The number of rotatable bonds is 6. The molecule has 0 bridgehead atoms. The second-order valence-corrected chi connectivity index (χ2v) is 8.14. The number of para-hydroxylation sites is 1. The van der Waals surface area contributed by atoms with Crippen LogP contribution >= 0.6 is 12.2 Å². The van der Waals surface area contributed by atoms with E-state index in [2.05, 4.69) is 29.3 Å². The number of carboxylic acid groups (broad SMARTS) is 1. The van der Waals surface area contributed by atoms with E-state index in [4.69, 9.17) is 12.2 Å². The van der Waals surface area contributed by atoms with Gasteiger partial charge < -0.3 is 20.1 Å². The van der Waals surface area contributed by atoms with Gasteiger partial charge in [0.15, 0.2) is 5.11 Å². The summed E-state index contributed by atoms with van der Waals surface area (Å²) >= 11 is 5.64. The number of carbonyl (C=O) groups excluding carboxylic acids is 1. The zero-order chi connectivity index (χ0) is 20.8. The molecule has 0 aliphatic heterocycles. The number of benzene rings is 2. The van der Waals surface area contributed by atoms with Gasteiger partial charge in [-0.3, -0.25) is 0 Å². The fraction of sp³-hybridized carbons (Fsp3) is 0.391. The summed E-state index contributed by atoms with van der Waals surface area (Å²) in [5, 5.41) is 14.6.